The molecule has 6 heteroatoms. The molecular formula is C12H19NO5. The summed E-state index contributed by atoms with van der Waals surface area (Å²) in [6.07, 6.45) is 1.25. The van der Waals surface area contributed by atoms with E-state index in [9.17, 15) is 10.0 Å². The van der Waals surface area contributed by atoms with Gasteiger partial charge in [-0.1, -0.05) is 0 Å². The molecule has 0 aliphatic carbocycles. The van der Waals surface area contributed by atoms with Crippen LogP contribution in [0.2, 0.25) is 0 Å². The molecule has 2 aliphatic rings. The summed E-state index contributed by atoms with van der Waals surface area (Å²) in [5.41, 5.74) is -0.705. The lowest BCUT2D eigenvalue weighted by molar-refractivity contribution is -0.774. The maximum absolute atomic E-state index is 11.9. The third kappa shape index (κ3) is 2.16. The van der Waals surface area contributed by atoms with Gasteiger partial charge in [0.15, 0.2) is 6.10 Å². The summed E-state index contributed by atoms with van der Waals surface area (Å²) in [6, 6.07) is 0. The maximum Gasteiger partial charge on any atom is 0.408 e. The average Bonchev–Trinajstić information content (AvgIpc) is 2.28. The maximum atomic E-state index is 11.9. The summed E-state index contributed by atoms with van der Waals surface area (Å²) in [4.78, 5) is 17.4. The largest absolute Gasteiger partial charge is 0.458 e. The van der Waals surface area contributed by atoms with Crippen LogP contribution in [0.25, 0.3) is 0 Å². The van der Waals surface area contributed by atoms with Gasteiger partial charge in [0.2, 0.25) is 0 Å². The molecule has 2 aliphatic heterocycles. The molecule has 2 unspecified atom stereocenters. The number of fused-ring (bicyclic) bond motifs is 1. The van der Waals surface area contributed by atoms with Gasteiger partial charge in [0, 0.05) is 12.5 Å². The van der Waals surface area contributed by atoms with Crippen LogP contribution in [0.3, 0.4) is 0 Å². The lowest BCUT2D eigenvalue weighted by Gasteiger charge is -2.44. The van der Waals surface area contributed by atoms with E-state index in [1.165, 1.54) is 0 Å². The minimum Gasteiger partial charge on any atom is -0.458 e. The molecular weight excluding hydrogens is 238 g/mol. The highest BCUT2D eigenvalue weighted by molar-refractivity contribution is 6.36. The molecule has 2 rings (SSSR count). The predicted molar refractivity (Wildman–Crippen MR) is 62.9 cm³/mol. The summed E-state index contributed by atoms with van der Waals surface area (Å²) in [7, 11) is 0. The smallest absolute Gasteiger partial charge is 0.408 e. The molecule has 1 fully saturated rings. The normalized spacial score (nSPS) is 30.4. The molecule has 0 aromatic rings. The van der Waals surface area contributed by atoms with E-state index in [0.29, 0.717) is 6.61 Å². The van der Waals surface area contributed by atoms with Crippen molar-refractivity contribution in [2.45, 2.75) is 45.3 Å². The fourth-order valence-corrected chi connectivity index (χ4v) is 2.59. The van der Waals surface area contributed by atoms with Crippen LogP contribution in [0, 0.1) is 11.1 Å². The Morgan fingerprint density at radius 3 is 3.00 bits per heavy atom. The van der Waals surface area contributed by atoms with Gasteiger partial charge in [-0.25, -0.2) is 4.79 Å². The van der Waals surface area contributed by atoms with Crippen molar-refractivity contribution in [1.82, 2.24) is 0 Å². The SMILES string of the molecule is CCOC(=O)C1=[N+]([O-])OC(C)(C)C2CCCOC12. The van der Waals surface area contributed by atoms with Gasteiger partial charge in [0.05, 0.1) is 17.1 Å². The van der Waals surface area contributed by atoms with Gasteiger partial charge in [0.1, 0.15) is 0 Å². The van der Waals surface area contributed by atoms with E-state index >= 15 is 0 Å². The van der Waals surface area contributed by atoms with Crippen LogP contribution >= 0.6 is 0 Å². The first kappa shape index (κ1) is 13.1. The molecule has 0 bridgehead atoms. The highest BCUT2D eigenvalue weighted by atomic mass is 16.9. The van der Waals surface area contributed by atoms with E-state index in [4.69, 9.17) is 14.3 Å². The molecule has 102 valence electrons. The van der Waals surface area contributed by atoms with Crippen molar-refractivity contribution in [3.8, 4) is 0 Å². The van der Waals surface area contributed by atoms with Gasteiger partial charge in [-0.05, 0) is 33.6 Å². The Hall–Kier alpha value is -1.30. The number of rotatable bonds is 2. The summed E-state index contributed by atoms with van der Waals surface area (Å²) in [6.45, 7) is 6.14. The Labute approximate surface area is 106 Å². The van der Waals surface area contributed by atoms with E-state index in [-0.39, 0.29) is 23.1 Å². The molecule has 0 amide bonds. The standard InChI is InChI=1S/C12H19NO5/c1-4-16-11(14)9-10-8(6-5-7-17-10)12(2,3)18-13(9)15/h8,10H,4-7H2,1-3H3. The van der Waals surface area contributed by atoms with Crippen molar-refractivity contribution in [1.29, 1.82) is 0 Å². The molecule has 2 heterocycles. The highest BCUT2D eigenvalue weighted by Gasteiger charge is 2.52. The summed E-state index contributed by atoms with van der Waals surface area (Å²) in [5.74, 6) is -0.657. The fraction of sp³-hybridized carbons (Fsp3) is 0.833. The molecule has 0 spiro atoms. The fourth-order valence-electron chi connectivity index (χ4n) is 2.59. The van der Waals surface area contributed by atoms with E-state index < -0.39 is 17.7 Å². The summed E-state index contributed by atoms with van der Waals surface area (Å²) in [5, 5.41) is 11.9. The van der Waals surface area contributed by atoms with E-state index in [1.807, 2.05) is 13.8 Å². The second-order valence-electron chi connectivity index (χ2n) is 5.10. The van der Waals surface area contributed by atoms with E-state index in [1.54, 1.807) is 6.92 Å². The molecule has 0 radical (unpaired) electrons. The third-order valence-electron chi connectivity index (χ3n) is 3.48. The lowest BCUT2D eigenvalue weighted by Crippen LogP contribution is -2.58. The van der Waals surface area contributed by atoms with Crippen LogP contribution < -0.4 is 0 Å². The molecule has 6 nitrogen and oxygen atoms in total. The van der Waals surface area contributed by atoms with Crippen LogP contribution in [0.1, 0.15) is 33.6 Å². The van der Waals surface area contributed by atoms with Gasteiger partial charge < -0.3 is 14.3 Å². The van der Waals surface area contributed by atoms with Crippen LogP contribution in [0.5, 0.6) is 0 Å². The van der Waals surface area contributed by atoms with Crippen LogP contribution in [0.15, 0.2) is 0 Å². The second kappa shape index (κ2) is 4.76. The number of carbonyl (C=O) groups is 1. The van der Waals surface area contributed by atoms with Crippen LogP contribution in [-0.4, -0.2) is 41.5 Å². The van der Waals surface area contributed by atoms with Crippen molar-refractivity contribution in [2.75, 3.05) is 13.2 Å². The molecule has 0 saturated carbocycles. The molecule has 1 saturated heterocycles. The summed E-state index contributed by atoms with van der Waals surface area (Å²) < 4.78 is 10.5. The number of nitrogens with zero attached hydrogens (tertiary/aromatic N) is 1. The number of hydrogen-bond donors (Lipinski definition) is 0. The van der Waals surface area contributed by atoms with Crippen molar-refractivity contribution in [2.24, 2.45) is 5.92 Å². The van der Waals surface area contributed by atoms with Crippen LogP contribution in [-0.2, 0) is 19.1 Å². The summed E-state index contributed by atoms with van der Waals surface area (Å²) >= 11 is 0. The van der Waals surface area contributed by atoms with Gasteiger partial charge in [-0.2, -0.15) is 0 Å². The Morgan fingerprint density at radius 2 is 2.33 bits per heavy atom. The van der Waals surface area contributed by atoms with Crippen molar-refractivity contribution >= 4 is 11.7 Å². The third-order valence-corrected chi connectivity index (χ3v) is 3.48. The number of esters is 1. The van der Waals surface area contributed by atoms with E-state index in [2.05, 4.69) is 0 Å². The lowest BCUT2D eigenvalue weighted by atomic mass is 9.78. The Bertz CT molecular complexity index is 377. The van der Waals surface area contributed by atoms with Crippen molar-refractivity contribution < 1.29 is 24.0 Å². The first-order valence-corrected chi connectivity index (χ1v) is 6.29. The monoisotopic (exact) mass is 257 g/mol. The first-order chi connectivity index (χ1) is 8.47. The molecule has 0 aromatic heterocycles. The minimum atomic E-state index is -0.653. The van der Waals surface area contributed by atoms with Gasteiger partial charge in [-0.3, -0.25) is 5.21 Å². The zero-order chi connectivity index (χ0) is 13.3. The molecule has 2 atom stereocenters. The number of carbonyl (C=O) groups excluding carboxylic acids is 1. The Balaban J connectivity index is 2.34. The second-order valence-corrected chi connectivity index (χ2v) is 5.10. The van der Waals surface area contributed by atoms with Gasteiger partial charge in [0.25, 0.3) is 0 Å². The average molecular weight is 257 g/mol. The predicted octanol–water partition coefficient (Wildman–Crippen LogP) is 1.02. The van der Waals surface area contributed by atoms with E-state index in [0.717, 1.165) is 12.8 Å². The zero-order valence-electron chi connectivity index (χ0n) is 11.0. The molecule has 0 N–H and O–H groups in total. The Morgan fingerprint density at radius 1 is 1.61 bits per heavy atom. The van der Waals surface area contributed by atoms with Crippen molar-refractivity contribution in [3.63, 3.8) is 0 Å². The zero-order valence-corrected chi connectivity index (χ0v) is 11.0. The quantitative estimate of drug-likeness (QED) is 0.545. The number of ether oxygens (including phenoxy) is 2. The van der Waals surface area contributed by atoms with Gasteiger partial charge >= 0.3 is 11.7 Å². The minimum absolute atomic E-state index is 0.00384. The number of hydrogen-bond acceptors (Lipinski definition) is 5. The highest BCUT2D eigenvalue weighted by Crippen LogP contribution is 2.37. The molecule has 0 aromatic carbocycles. The first-order valence-electron chi connectivity index (χ1n) is 6.29. The van der Waals surface area contributed by atoms with Crippen LogP contribution in [0.4, 0.5) is 0 Å². The molecule has 18 heavy (non-hydrogen) atoms. The Kier molecular flexibility index (Phi) is 3.47. The van der Waals surface area contributed by atoms with Crippen molar-refractivity contribution in [3.05, 3.63) is 5.21 Å². The van der Waals surface area contributed by atoms with Gasteiger partial charge in [-0.15, -0.1) is 0 Å². The topological polar surface area (TPSA) is 70.8 Å².